The van der Waals surface area contributed by atoms with E-state index < -0.39 is 0 Å². The van der Waals surface area contributed by atoms with Crippen molar-refractivity contribution in [1.29, 1.82) is 0 Å². The van der Waals surface area contributed by atoms with E-state index in [0.29, 0.717) is 0 Å². The second kappa shape index (κ2) is 6.37. The fraction of sp³-hybridized carbons (Fsp3) is 0.200. The average Bonchev–Trinajstić information content (AvgIpc) is 2.36. The molecule has 0 saturated carbocycles. The van der Waals surface area contributed by atoms with Gasteiger partial charge >= 0.3 is 0 Å². The van der Waals surface area contributed by atoms with Crippen molar-refractivity contribution in [1.82, 2.24) is 5.32 Å². The summed E-state index contributed by atoms with van der Waals surface area (Å²) in [5.74, 6) is 0. The Morgan fingerprint density at radius 2 is 1.89 bits per heavy atom. The van der Waals surface area contributed by atoms with Crippen molar-refractivity contribution in [2.75, 3.05) is 0 Å². The SMILES string of the molecule is Cc1ccccc1CNCc1ccc(Br)c(Cl)c1. The van der Waals surface area contributed by atoms with Gasteiger partial charge in [-0.25, -0.2) is 0 Å². The Bertz CT molecular complexity index is 540. The van der Waals surface area contributed by atoms with Crippen LogP contribution in [0.25, 0.3) is 0 Å². The predicted molar refractivity (Wildman–Crippen MR) is 80.9 cm³/mol. The van der Waals surface area contributed by atoms with E-state index in [9.17, 15) is 0 Å². The molecule has 0 amide bonds. The van der Waals surface area contributed by atoms with Gasteiger partial charge in [0.05, 0.1) is 5.02 Å². The van der Waals surface area contributed by atoms with E-state index in [4.69, 9.17) is 11.6 Å². The maximum Gasteiger partial charge on any atom is 0.0551 e. The van der Waals surface area contributed by atoms with Crippen LogP contribution in [0.3, 0.4) is 0 Å². The Labute approximate surface area is 121 Å². The van der Waals surface area contributed by atoms with Crippen LogP contribution in [0.5, 0.6) is 0 Å². The fourth-order valence-electron chi connectivity index (χ4n) is 1.80. The van der Waals surface area contributed by atoms with Crippen molar-refractivity contribution in [2.24, 2.45) is 0 Å². The quantitative estimate of drug-likeness (QED) is 0.859. The maximum absolute atomic E-state index is 6.06. The average molecular weight is 325 g/mol. The Hall–Kier alpha value is -0.830. The molecule has 0 fully saturated rings. The van der Waals surface area contributed by atoms with Crippen LogP contribution in [0.15, 0.2) is 46.9 Å². The smallest absolute Gasteiger partial charge is 0.0551 e. The lowest BCUT2D eigenvalue weighted by atomic mass is 10.1. The van der Waals surface area contributed by atoms with Crippen LogP contribution >= 0.6 is 27.5 Å². The van der Waals surface area contributed by atoms with Crippen LogP contribution in [0.1, 0.15) is 16.7 Å². The molecule has 0 heterocycles. The molecule has 3 heteroatoms. The highest BCUT2D eigenvalue weighted by atomic mass is 79.9. The van der Waals surface area contributed by atoms with Crippen LogP contribution in [0, 0.1) is 6.92 Å². The first-order valence-electron chi connectivity index (χ1n) is 5.86. The largest absolute Gasteiger partial charge is 0.309 e. The first-order valence-corrected chi connectivity index (χ1v) is 7.03. The van der Waals surface area contributed by atoms with E-state index in [1.165, 1.54) is 16.7 Å². The molecule has 0 spiro atoms. The van der Waals surface area contributed by atoms with Crippen LogP contribution in [-0.4, -0.2) is 0 Å². The summed E-state index contributed by atoms with van der Waals surface area (Å²) < 4.78 is 0.937. The summed E-state index contributed by atoms with van der Waals surface area (Å²) in [6.07, 6.45) is 0. The molecule has 0 aliphatic rings. The molecule has 1 N–H and O–H groups in total. The van der Waals surface area contributed by atoms with Gasteiger partial charge in [0.2, 0.25) is 0 Å². The summed E-state index contributed by atoms with van der Waals surface area (Å²) in [7, 11) is 0. The highest BCUT2D eigenvalue weighted by Gasteiger charge is 2.00. The molecule has 2 aromatic carbocycles. The maximum atomic E-state index is 6.06. The zero-order chi connectivity index (χ0) is 13.0. The van der Waals surface area contributed by atoms with Crippen molar-refractivity contribution < 1.29 is 0 Å². The highest BCUT2D eigenvalue weighted by molar-refractivity contribution is 9.10. The molecule has 0 atom stereocenters. The van der Waals surface area contributed by atoms with Crippen molar-refractivity contribution >= 4 is 27.5 Å². The van der Waals surface area contributed by atoms with Crippen molar-refractivity contribution in [3.63, 3.8) is 0 Å². The second-order valence-corrected chi connectivity index (χ2v) is 5.54. The van der Waals surface area contributed by atoms with Gasteiger partial charge in [0, 0.05) is 17.6 Å². The van der Waals surface area contributed by atoms with Crippen LogP contribution < -0.4 is 5.32 Å². The zero-order valence-corrected chi connectivity index (χ0v) is 12.6. The number of hydrogen-bond donors (Lipinski definition) is 1. The van der Waals surface area contributed by atoms with E-state index in [1.807, 2.05) is 12.1 Å². The Balaban J connectivity index is 1.92. The standard InChI is InChI=1S/C15H15BrClN/c1-11-4-2-3-5-13(11)10-18-9-12-6-7-14(16)15(17)8-12/h2-8,18H,9-10H2,1H3. The second-order valence-electron chi connectivity index (χ2n) is 4.28. The molecular weight excluding hydrogens is 310 g/mol. The van der Waals surface area contributed by atoms with E-state index in [2.05, 4.69) is 58.5 Å². The number of aryl methyl sites for hydroxylation is 1. The van der Waals surface area contributed by atoms with Gasteiger partial charge in [-0.2, -0.15) is 0 Å². The van der Waals surface area contributed by atoms with Gasteiger partial charge in [-0.15, -0.1) is 0 Å². The van der Waals surface area contributed by atoms with Crippen molar-refractivity contribution in [3.05, 3.63) is 68.7 Å². The summed E-state index contributed by atoms with van der Waals surface area (Å²) in [6, 6.07) is 14.4. The van der Waals surface area contributed by atoms with E-state index in [-0.39, 0.29) is 0 Å². The molecule has 2 rings (SSSR count). The van der Waals surface area contributed by atoms with Crippen molar-refractivity contribution in [2.45, 2.75) is 20.0 Å². The minimum Gasteiger partial charge on any atom is -0.309 e. The van der Waals surface area contributed by atoms with E-state index >= 15 is 0 Å². The lowest BCUT2D eigenvalue weighted by Gasteiger charge is -2.08. The number of hydrogen-bond acceptors (Lipinski definition) is 1. The summed E-state index contributed by atoms with van der Waals surface area (Å²) in [5, 5.41) is 4.19. The molecule has 0 bridgehead atoms. The topological polar surface area (TPSA) is 12.0 Å². The molecule has 0 unspecified atom stereocenters. The molecule has 0 saturated heterocycles. The summed E-state index contributed by atoms with van der Waals surface area (Å²) >= 11 is 9.45. The van der Waals surface area contributed by atoms with Gasteiger partial charge in [-0.3, -0.25) is 0 Å². The lowest BCUT2D eigenvalue weighted by molar-refractivity contribution is 0.690. The van der Waals surface area contributed by atoms with Gasteiger partial charge < -0.3 is 5.32 Å². The molecule has 2 aromatic rings. The van der Waals surface area contributed by atoms with Crippen LogP contribution in [-0.2, 0) is 13.1 Å². The molecule has 0 aliphatic heterocycles. The first kappa shape index (κ1) is 13.6. The molecule has 94 valence electrons. The predicted octanol–water partition coefficient (Wildman–Crippen LogP) is 4.70. The summed E-state index contributed by atoms with van der Waals surface area (Å²) in [5.41, 5.74) is 3.84. The summed E-state index contributed by atoms with van der Waals surface area (Å²) in [4.78, 5) is 0. The van der Waals surface area contributed by atoms with Crippen LogP contribution in [0.2, 0.25) is 5.02 Å². The third-order valence-electron chi connectivity index (χ3n) is 2.89. The van der Waals surface area contributed by atoms with E-state index in [0.717, 1.165) is 22.6 Å². The van der Waals surface area contributed by atoms with Crippen LogP contribution in [0.4, 0.5) is 0 Å². The van der Waals surface area contributed by atoms with Gasteiger partial charge in [-0.05, 0) is 51.7 Å². The minimum absolute atomic E-state index is 0.755. The summed E-state index contributed by atoms with van der Waals surface area (Å²) in [6.45, 7) is 3.83. The molecule has 0 aliphatic carbocycles. The number of nitrogens with one attached hydrogen (secondary N) is 1. The van der Waals surface area contributed by atoms with E-state index in [1.54, 1.807) is 0 Å². The van der Waals surface area contributed by atoms with Gasteiger partial charge in [0.15, 0.2) is 0 Å². The molecule has 1 nitrogen and oxygen atoms in total. The van der Waals surface area contributed by atoms with Gasteiger partial charge in [-0.1, -0.05) is 41.9 Å². The molecular formula is C15H15BrClN. The zero-order valence-electron chi connectivity index (χ0n) is 10.2. The fourth-order valence-corrected chi connectivity index (χ4v) is 2.25. The molecule has 18 heavy (non-hydrogen) atoms. The monoisotopic (exact) mass is 323 g/mol. The molecule has 0 radical (unpaired) electrons. The number of halogens is 2. The minimum atomic E-state index is 0.755. The van der Waals surface area contributed by atoms with Gasteiger partial charge in [0.25, 0.3) is 0 Å². The Morgan fingerprint density at radius 1 is 1.11 bits per heavy atom. The normalized spacial score (nSPS) is 10.6. The lowest BCUT2D eigenvalue weighted by Crippen LogP contribution is -2.13. The Kier molecular flexibility index (Phi) is 4.81. The molecule has 0 aromatic heterocycles. The number of benzene rings is 2. The number of rotatable bonds is 4. The first-order chi connectivity index (χ1) is 8.66. The third-order valence-corrected chi connectivity index (χ3v) is 4.12. The third kappa shape index (κ3) is 3.58. The van der Waals surface area contributed by atoms with Crippen molar-refractivity contribution in [3.8, 4) is 0 Å². The highest BCUT2D eigenvalue weighted by Crippen LogP contribution is 2.23. The van der Waals surface area contributed by atoms with Gasteiger partial charge in [0.1, 0.15) is 0 Å². The Morgan fingerprint density at radius 3 is 2.61 bits per heavy atom.